The molecule has 4 rings (SSSR count). The maximum atomic E-state index is 5.99. The number of aryl methyl sites for hydroxylation is 2. The first kappa shape index (κ1) is 29.7. The molecule has 1 fully saturated rings. The van der Waals surface area contributed by atoms with Gasteiger partial charge in [0, 0.05) is 48.7 Å². The van der Waals surface area contributed by atoms with E-state index in [-0.39, 0.29) is 6.04 Å². The lowest BCUT2D eigenvalue weighted by molar-refractivity contribution is 0.337. The lowest BCUT2D eigenvalue weighted by atomic mass is 9.87. The van der Waals surface area contributed by atoms with E-state index < -0.39 is 0 Å². The summed E-state index contributed by atoms with van der Waals surface area (Å²) >= 11 is 0. The summed E-state index contributed by atoms with van der Waals surface area (Å²) in [4.78, 5) is 20.5. The molecule has 206 valence electrons. The van der Waals surface area contributed by atoms with Gasteiger partial charge in [-0.15, -0.1) is 0 Å². The average Bonchev–Trinajstić information content (AvgIpc) is 2.91. The third-order valence-corrected chi connectivity index (χ3v) is 6.89. The molecule has 0 bridgehead atoms. The Labute approximate surface area is 233 Å². The Balaban J connectivity index is 0.00000205. The number of benzene rings is 2. The summed E-state index contributed by atoms with van der Waals surface area (Å²) in [5, 5.41) is 4.86. The third kappa shape index (κ3) is 7.39. The van der Waals surface area contributed by atoms with Crippen molar-refractivity contribution in [3.05, 3.63) is 75.4 Å². The van der Waals surface area contributed by atoms with Crippen molar-refractivity contribution in [2.45, 2.75) is 72.9 Å². The van der Waals surface area contributed by atoms with E-state index in [1.807, 2.05) is 41.0 Å². The molecule has 7 nitrogen and oxygen atoms in total. The van der Waals surface area contributed by atoms with Crippen LogP contribution in [0, 0.1) is 13.8 Å². The Hall–Kier alpha value is -3.84. The van der Waals surface area contributed by atoms with Gasteiger partial charge in [0.05, 0.1) is 5.69 Å². The van der Waals surface area contributed by atoms with Crippen LogP contribution in [-0.4, -0.2) is 41.5 Å². The highest BCUT2D eigenvalue weighted by Crippen LogP contribution is 2.26. The number of hydrogen-bond acceptors (Lipinski definition) is 7. The summed E-state index contributed by atoms with van der Waals surface area (Å²) < 4.78 is 0. The summed E-state index contributed by atoms with van der Waals surface area (Å²) in [5.74, 6) is 1.30. The van der Waals surface area contributed by atoms with Crippen LogP contribution >= 0.6 is 0 Å². The third-order valence-electron chi connectivity index (χ3n) is 6.89. The Morgan fingerprint density at radius 2 is 1.85 bits per heavy atom. The van der Waals surface area contributed by atoms with Gasteiger partial charge in [-0.25, -0.2) is 15.0 Å². The van der Waals surface area contributed by atoms with Gasteiger partial charge in [-0.05, 0) is 87.4 Å². The van der Waals surface area contributed by atoms with E-state index in [1.54, 1.807) is 12.4 Å². The molecule has 2 aromatic carbocycles. The van der Waals surface area contributed by atoms with E-state index in [0.717, 1.165) is 30.6 Å². The van der Waals surface area contributed by atoms with Crippen molar-refractivity contribution in [2.75, 3.05) is 17.3 Å². The van der Waals surface area contributed by atoms with E-state index in [4.69, 9.17) is 10.7 Å². The van der Waals surface area contributed by atoms with E-state index in [9.17, 15) is 0 Å². The molecule has 39 heavy (non-hydrogen) atoms. The smallest absolute Gasteiger partial charge is 0.225 e. The highest BCUT2D eigenvalue weighted by atomic mass is 15.3. The van der Waals surface area contributed by atoms with Gasteiger partial charge < -0.3 is 16.0 Å². The first-order valence-electron chi connectivity index (χ1n) is 13.8. The molecule has 0 spiro atoms. The first-order valence-corrected chi connectivity index (χ1v) is 13.8. The van der Waals surface area contributed by atoms with Crippen molar-refractivity contribution in [3.63, 3.8) is 0 Å². The molecule has 3 N–H and O–H groups in total. The molecule has 0 saturated heterocycles. The van der Waals surface area contributed by atoms with Crippen LogP contribution in [0.5, 0.6) is 0 Å². The topological polar surface area (TPSA) is 91.8 Å². The van der Waals surface area contributed by atoms with Crippen LogP contribution in [0.2, 0.25) is 0 Å². The largest absolute Gasteiger partial charge is 0.341 e. The fraction of sp³-hybridized carbons (Fsp3) is 0.375. The molecule has 0 unspecified atom stereocenters. The number of nitrogens with two attached hydrogens (primary N) is 1. The van der Waals surface area contributed by atoms with Gasteiger partial charge in [0.15, 0.2) is 5.82 Å². The lowest BCUT2D eigenvalue weighted by Gasteiger charge is -2.39. The Morgan fingerprint density at radius 1 is 1.10 bits per heavy atom. The van der Waals surface area contributed by atoms with Crippen LogP contribution in [0.25, 0.3) is 12.4 Å². The van der Waals surface area contributed by atoms with Gasteiger partial charge in [-0.1, -0.05) is 38.6 Å². The molecule has 3 aromatic rings. The van der Waals surface area contributed by atoms with Gasteiger partial charge in [0.2, 0.25) is 5.95 Å². The summed E-state index contributed by atoms with van der Waals surface area (Å²) in [7, 11) is 2.02. The standard InChI is InChI=1S/C30H37N7.C2H6/c1-7-32-27-15-22(10-9-19(27)3)14-23-11-12-25(13-20(23)4)35-29(33-8-2)28-21(5)18-34-30(36-28)37(6)26-16-24(31)17-26;1-2/h7-13,15,18,24,26,35H,5,14,16-17,31H2,1-4,6H3;1-2H3/b29-28-,32-7?,33-8-;. The Bertz CT molecular complexity index is 1440. The molecule has 0 amide bonds. The van der Waals surface area contributed by atoms with Crippen molar-refractivity contribution < 1.29 is 0 Å². The molecule has 1 saturated carbocycles. The molecular formula is C32H43N7. The number of anilines is 2. The zero-order valence-electron chi connectivity index (χ0n) is 24.5. The van der Waals surface area contributed by atoms with Crippen molar-refractivity contribution in [1.82, 2.24) is 9.97 Å². The van der Waals surface area contributed by atoms with E-state index in [0.29, 0.717) is 28.4 Å². The number of hydrogen-bond donors (Lipinski definition) is 2. The number of aliphatic imine (C=N–C) groups is 2. The lowest BCUT2D eigenvalue weighted by Crippen LogP contribution is -2.50. The molecule has 1 heterocycles. The number of nitrogens with zero attached hydrogens (tertiary/aromatic N) is 5. The predicted molar refractivity (Wildman–Crippen MR) is 168 cm³/mol. The summed E-state index contributed by atoms with van der Waals surface area (Å²) in [6.45, 7) is 16.2. The molecule has 1 aliphatic carbocycles. The second-order valence-electron chi connectivity index (χ2n) is 9.73. The van der Waals surface area contributed by atoms with Crippen molar-refractivity contribution in [2.24, 2.45) is 15.7 Å². The van der Waals surface area contributed by atoms with Gasteiger partial charge in [-0.2, -0.15) is 0 Å². The number of aromatic nitrogens is 2. The molecule has 0 atom stereocenters. The second kappa shape index (κ2) is 13.8. The van der Waals surface area contributed by atoms with E-state index >= 15 is 0 Å². The molecule has 0 aliphatic heterocycles. The predicted octanol–water partition coefficient (Wildman–Crippen LogP) is 5.04. The van der Waals surface area contributed by atoms with Gasteiger partial charge in [0.1, 0.15) is 5.35 Å². The summed E-state index contributed by atoms with van der Waals surface area (Å²) in [6, 6.07) is 13.5. The molecule has 7 heteroatoms. The quantitative estimate of drug-likeness (QED) is 0.402. The highest BCUT2D eigenvalue weighted by molar-refractivity contribution is 5.71. The minimum absolute atomic E-state index is 0.261. The van der Waals surface area contributed by atoms with Crippen LogP contribution in [0.3, 0.4) is 0 Å². The maximum Gasteiger partial charge on any atom is 0.225 e. The molecule has 1 aliphatic rings. The second-order valence-corrected chi connectivity index (χ2v) is 9.73. The van der Waals surface area contributed by atoms with Crippen LogP contribution < -0.4 is 26.5 Å². The van der Waals surface area contributed by atoms with Crippen molar-refractivity contribution in [3.8, 4) is 0 Å². The number of rotatable bonds is 8. The zero-order valence-corrected chi connectivity index (χ0v) is 24.5. The van der Waals surface area contributed by atoms with Gasteiger partial charge in [-0.3, -0.25) is 4.99 Å². The fourth-order valence-electron chi connectivity index (χ4n) is 4.54. The fourth-order valence-corrected chi connectivity index (χ4v) is 4.54. The minimum Gasteiger partial charge on any atom is -0.341 e. The van der Waals surface area contributed by atoms with Crippen LogP contribution in [0.1, 0.15) is 62.8 Å². The Morgan fingerprint density at radius 3 is 2.49 bits per heavy atom. The highest BCUT2D eigenvalue weighted by Gasteiger charge is 2.30. The summed E-state index contributed by atoms with van der Waals surface area (Å²) in [5.41, 5.74) is 12.8. The van der Waals surface area contributed by atoms with E-state index in [2.05, 4.69) is 82.0 Å². The van der Waals surface area contributed by atoms with Crippen LogP contribution in [0.15, 0.2) is 52.6 Å². The van der Waals surface area contributed by atoms with Crippen molar-refractivity contribution >= 4 is 42.2 Å². The normalized spacial score (nSPS) is 17.4. The first-order chi connectivity index (χ1) is 18.8. The van der Waals surface area contributed by atoms with Gasteiger partial charge >= 0.3 is 0 Å². The maximum absolute atomic E-state index is 5.99. The number of nitrogens with one attached hydrogen (secondary N) is 1. The molecular weight excluding hydrogens is 482 g/mol. The molecule has 0 radical (unpaired) electrons. The average molecular weight is 526 g/mol. The SMILES string of the molecule is C=c1cnc(N(C)C2CC(N)C2)n/c1=C(/N=C\C)Nc1ccc(Cc2ccc(C)c(N=CC)c2)c(C)c1.CC. The zero-order chi connectivity index (χ0) is 28.5. The van der Waals surface area contributed by atoms with Crippen molar-refractivity contribution in [1.29, 1.82) is 0 Å². The summed E-state index contributed by atoms with van der Waals surface area (Å²) in [6.07, 6.45) is 8.09. The van der Waals surface area contributed by atoms with E-state index in [1.165, 1.54) is 22.3 Å². The van der Waals surface area contributed by atoms with Gasteiger partial charge in [0.25, 0.3) is 0 Å². The monoisotopic (exact) mass is 525 g/mol. The minimum atomic E-state index is 0.261. The van der Waals surface area contributed by atoms with Crippen LogP contribution in [-0.2, 0) is 6.42 Å². The Kier molecular flexibility index (Phi) is 10.5. The van der Waals surface area contributed by atoms with Crippen LogP contribution in [0.4, 0.5) is 17.3 Å². The molecule has 1 aromatic heterocycles.